The second kappa shape index (κ2) is 3.82. The first-order valence-corrected chi connectivity index (χ1v) is 5.67. The minimum absolute atomic E-state index is 0.321. The van der Waals surface area contributed by atoms with Crippen molar-refractivity contribution < 1.29 is 5.32 Å². The van der Waals surface area contributed by atoms with Crippen LogP contribution in [0.25, 0.3) is 0 Å². The van der Waals surface area contributed by atoms with Gasteiger partial charge in [0.15, 0.2) is 0 Å². The maximum Gasteiger partial charge on any atom is 0.116 e. The Morgan fingerprint density at radius 2 is 2.20 bits per heavy atom. The molecule has 0 aromatic heterocycles. The normalized spacial score (nSPS) is 23.2. The Morgan fingerprint density at radius 3 is 2.93 bits per heavy atom. The predicted octanol–water partition coefficient (Wildman–Crippen LogP) is 2.20. The van der Waals surface area contributed by atoms with Gasteiger partial charge < -0.3 is 5.32 Å². The van der Waals surface area contributed by atoms with Crippen LogP contribution < -0.4 is 5.32 Å². The molecule has 1 aliphatic rings. The van der Waals surface area contributed by atoms with Crippen LogP contribution >= 0.6 is 0 Å². The van der Waals surface area contributed by atoms with E-state index in [2.05, 4.69) is 50.0 Å². The second-order valence-corrected chi connectivity index (χ2v) is 5.16. The van der Waals surface area contributed by atoms with Crippen molar-refractivity contribution >= 4 is 0 Å². The SMILES string of the molecule is C=CC[C@@H]1[NH2+]C(C)(C)Cc2ccccc21. The lowest BCUT2D eigenvalue weighted by Crippen LogP contribution is -2.97. The van der Waals surface area contributed by atoms with Crippen molar-refractivity contribution in [3.63, 3.8) is 0 Å². The van der Waals surface area contributed by atoms with E-state index in [0.29, 0.717) is 11.6 Å². The van der Waals surface area contributed by atoms with Crippen molar-refractivity contribution in [1.82, 2.24) is 0 Å². The zero-order chi connectivity index (χ0) is 10.9. The smallest absolute Gasteiger partial charge is 0.116 e. The minimum Gasteiger partial charge on any atom is -0.335 e. The summed E-state index contributed by atoms with van der Waals surface area (Å²) in [5, 5.41) is 2.48. The van der Waals surface area contributed by atoms with Gasteiger partial charge in [0, 0.05) is 18.4 Å². The van der Waals surface area contributed by atoms with E-state index in [1.54, 1.807) is 0 Å². The fourth-order valence-electron chi connectivity index (χ4n) is 2.62. The standard InChI is InChI=1S/C14H19N/c1-4-7-13-12-9-6-5-8-11(12)10-14(2,3)15-13/h4-6,8-9,13,15H,1,7,10H2,2-3H3/p+1/t13-/m0/s1. The van der Waals surface area contributed by atoms with Crippen LogP contribution in [0.15, 0.2) is 36.9 Å². The Labute approximate surface area is 92.2 Å². The first-order valence-electron chi connectivity index (χ1n) is 5.67. The topological polar surface area (TPSA) is 16.6 Å². The molecule has 1 heteroatoms. The Kier molecular flexibility index (Phi) is 2.66. The summed E-state index contributed by atoms with van der Waals surface area (Å²) in [7, 11) is 0. The van der Waals surface area contributed by atoms with E-state index >= 15 is 0 Å². The third-order valence-corrected chi connectivity index (χ3v) is 3.17. The molecule has 0 bridgehead atoms. The lowest BCUT2D eigenvalue weighted by atomic mass is 9.83. The number of quaternary nitrogens is 1. The quantitative estimate of drug-likeness (QED) is 0.708. The molecule has 1 aromatic carbocycles. The molecule has 80 valence electrons. The third kappa shape index (κ3) is 2.13. The van der Waals surface area contributed by atoms with Crippen molar-refractivity contribution in [2.45, 2.75) is 38.3 Å². The van der Waals surface area contributed by atoms with Crippen LogP contribution in [0.3, 0.4) is 0 Å². The summed E-state index contributed by atoms with van der Waals surface area (Å²) < 4.78 is 0. The zero-order valence-corrected chi connectivity index (χ0v) is 9.66. The van der Waals surface area contributed by atoms with Gasteiger partial charge >= 0.3 is 0 Å². The van der Waals surface area contributed by atoms with Crippen LogP contribution in [-0.4, -0.2) is 5.54 Å². The lowest BCUT2D eigenvalue weighted by molar-refractivity contribution is -0.760. The zero-order valence-electron chi connectivity index (χ0n) is 9.66. The highest BCUT2D eigenvalue weighted by atomic mass is 15.0. The molecule has 1 aliphatic heterocycles. The molecule has 0 amide bonds. The molecule has 15 heavy (non-hydrogen) atoms. The average Bonchev–Trinajstić information content (AvgIpc) is 2.16. The van der Waals surface area contributed by atoms with Crippen molar-refractivity contribution in [3.8, 4) is 0 Å². The molecular weight excluding hydrogens is 182 g/mol. The average molecular weight is 202 g/mol. The number of hydrogen-bond donors (Lipinski definition) is 1. The maximum absolute atomic E-state index is 3.86. The fourth-order valence-corrected chi connectivity index (χ4v) is 2.62. The largest absolute Gasteiger partial charge is 0.335 e. The van der Waals surface area contributed by atoms with Crippen LogP contribution in [0.5, 0.6) is 0 Å². The van der Waals surface area contributed by atoms with Gasteiger partial charge in [-0.15, -0.1) is 6.58 Å². The Bertz CT molecular complexity index is 365. The van der Waals surface area contributed by atoms with Crippen molar-refractivity contribution in [2.75, 3.05) is 0 Å². The first kappa shape index (κ1) is 10.4. The summed E-state index contributed by atoms with van der Waals surface area (Å²) >= 11 is 0. The van der Waals surface area contributed by atoms with E-state index in [1.807, 2.05) is 6.08 Å². The molecule has 1 nitrogen and oxygen atoms in total. The Hall–Kier alpha value is -1.08. The number of fused-ring (bicyclic) bond motifs is 1. The van der Waals surface area contributed by atoms with Crippen LogP contribution in [0.4, 0.5) is 0 Å². The van der Waals surface area contributed by atoms with E-state index in [1.165, 1.54) is 11.1 Å². The van der Waals surface area contributed by atoms with Gasteiger partial charge in [0.1, 0.15) is 6.04 Å². The molecule has 0 saturated heterocycles. The van der Waals surface area contributed by atoms with Crippen LogP contribution in [0, 0.1) is 0 Å². The summed E-state index contributed by atoms with van der Waals surface area (Å²) in [5.41, 5.74) is 3.33. The van der Waals surface area contributed by atoms with Crippen molar-refractivity contribution in [3.05, 3.63) is 48.0 Å². The molecule has 0 unspecified atom stereocenters. The van der Waals surface area contributed by atoms with Crippen LogP contribution in [0.2, 0.25) is 0 Å². The van der Waals surface area contributed by atoms with E-state index in [9.17, 15) is 0 Å². The molecule has 0 aliphatic carbocycles. The Balaban J connectivity index is 2.38. The van der Waals surface area contributed by atoms with Crippen molar-refractivity contribution in [1.29, 1.82) is 0 Å². The van der Waals surface area contributed by atoms with E-state index < -0.39 is 0 Å². The summed E-state index contributed by atoms with van der Waals surface area (Å²) in [4.78, 5) is 0. The third-order valence-electron chi connectivity index (χ3n) is 3.17. The van der Waals surface area contributed by atoms with E-state index in [0.717, 1.165) is 12.8 Å². The molecule has 1 atom stereocenters. The summed E-state index contributed by atoms with van der Waals surface area (Å²) in [6.07, 6.45) is 4.25. The monoisotopic (exact) mass is 202 g/mol. The highest BCUT2D eigenvalue weighted by molar-refractivity contribution is 5.31. The second-order valence-electron chi connectivity index (χ2n) is 5.16. The van der Waals surface area contributed by atoms with Crippen molar-refractivity contribution in [2.24, 2.45) is 0 Å². The number of rotatable bonds is 2. The molecule has 0 spiro atoms. The number of benzene rings is 1. The van der Waals surface area contributed by atoms with Gasteiger partial charge in [0.25, 0.3) is 0 Å². The highest BCUT2D eigenvalue weighted by Gasteiger charge is 2.33. The van der Waals surface area contributed by atoms with E-state index in [-0.39, 0.29) is 0 Å². The maximum atomic E-state index is 3.86. The number of hydrogen-bond acceptors (Lipinski definition) is 0. The molecule has 0 fully saturated rings. The molecule has 0 radical (unpaired) electrons. The van der Waals surface area contributed by atoms with Gasteiger partial charge in [0.05, 0.1) is 5.54 Å². The summed E-state index contributed by atoms with van der Waals surface area (Å²) in [6, 6.07) is 9.37. The van der Waals surface area contributed by atoms with Gasteiger partial charge in [-0.2, -0.15) is 0 Å². The predicted molar refractivity (Wildman–Crippen MR) is 63.7 cm³/mol. The minimum atomic E-state index is 0.321. The molecule has 1 heterocycles. The lowest BCUT2D eigenvalue weighted by Gasteiger charge is -2.35. The van der Waals surface area contributed by atoms with E-state index in [4.69, 9.17) is 0 Å². The van der Waals surface area contributed by atoms with Gasteiger partial charge in [0.2, 0.25) is 0 Å². The van der Waals surface area contributed by atoms with Gasteiger partial charge in [-0.1, -0.05) is 30.3 Å². The molecule has 2 rings (SSSR count). The first-order chi connectivity index (χ1) is 7.12. The van der Waals surface area contributed by atoms with Gasteiger partial charge in [-0.25, -0.2) is 0 Å². The molecule has 2 N–H and O–H groups in total. The van der Waals surface area contributed by atoms with Crippen LogP contribution in [-0.2, 0) is 6.42 Å². The van der Waals surface area contributed by atoms with Crippen LogP contribution in [0.1, 0.15) is 37.4 Å². The van der Waals surface area contributed by atoms with Gasteiger partial charge in [-0.3, -0.25) is 0 Å². The summed E-state index contributed by atoms with van der Waals surface area (Å²) in [6.45, 7) is 8.49. The highest BCUT2D eigenvalue weighted by Crippen LogP contribution is 2.26. The molecular formula is C14H20N+. The Morgan fingerprint density at radius 1 is 1.47 bits per heavy atom. The van der Waals surface area contributed by atoms with Gasteiger partial charge in [-0.05, 0) is 19.4 Å². The fraction of sp³-hybridized carbons (Fsp3) is 0.429. The molecule has 1 aromatic rings. The summed E-state index contributed by atoms with van der Waals surface area (Å²) in [5.74, 6) is 0. The molecule has 0 saturated carbocycles. The number of nitrogens with two attached hydrogens (primary N) is 1.